The Hall–Kier alpha value is -1.92. The molecule has 2 amide bonds. The van der Waals surface area contributed by atoms with E-state index in [1.165, 1.54) is 0 Å². The van der Waals surface area contributed by atoms with E-state index in [-0.39, 0.29) is 11.8 Å². The van der Waals surface area contributed by atoms with E-state index in [0.717, 1.165) is 44.1 Å². The van der Waals surface area contributed by atoms with Gasteiger partial charge in [0.05, 0.1) is 13.2 Å². The van der Waals surface area contributed by atoms with Gasteiger partial charge in [-0.15, -0.1) is 0 Å². The van der Waals surface area contributed by atoms with Gasteiger partial charge in [0.15, 0.2) is 0 Å². The fraction of sp³-hybridized carbons (Fsp3) is 0.556. The number of hydrogen-bond donors (Lipinski definition) is 1. The summed E-state index contributed by atoms with van der Waals surface area (Å²) in [4.78, 5) is 28.9. The molecule has 0 aromatic heterocycles. The van der Waals surface area contributed by atoms with Crippen LogP contribution < -0.4 is 10.2 Å². The average molecular weight is 331 g/mol. The Morgan fingerprint density at radius 1 is 1.25 bits per heavy atom. The first kappa shape index (κ1) is 16.9. The number of morpholine rings is 1. The normalized spacial score (nSPS) is 20.7. The van der Waals surface area contributed by atoms with Crippen LogP contribution in [-0.2, 0) is 20.7 Å². The average Bonchev–Trinajstić information content (AvgIpc) is 3.01. The van der Waals surface area contributed by atoms with Crippen molar-refractivity contribution in [3.63, 3.8) is 0 Å². The number of carbonyl (C=O) groups is 2. The number of para-hydroxylation sites is 1. The standard InChI is InChI=1S/C18H25N3O3/c1-2-17(22)21-15-6-4-3-5-14(15)13-16(21)18(23)19-7-8-20-9-11-24-12-10-20/h3-6,16H,2,7-13H2,1H3,(H,19,23). The minimum absolute atomic E-state index is 0.00622. The molecule has 0 bridgehead atoms. The highest BCUT2D eigenvalue weighted by Crippen LogP contribution is 2.32. The van der Waals surface area contributed by atoms with Crippen LogP contribution in [0, 0.1) is 0 Å². The highest BCUT2D eigenvalue weighted by molar-refractivity contribution is 6.03. The van der Waals surface area contributed by atoms with Gasteiger partial charge >= 0.3 is 0 Å². The van der Waals surface area contributed by atoms with Gasteiger partial charge in [0.2, 0.25) is 11.8 Å². The maximum absolute atomic E-state index is 12.6. The van der Waals surface area contributed by atoms with Gasteiger partial charge in [-0.05, 0) is 11.6 Å². The SMILES string of the molecule is CCC(=O)N1c2ccccc2CC1C(=O)NCCN1CCOCC1. The number of carbonyl (C=O) groups excluding carboxylic acids is 2. The van der Waals surface area contributed by atoms with Crippen molar-refractivity contribution in [3.05, 3.63) is 29.8 Å². The summed E-state index contributed by atoms with van der Waals surface area (Å²) in [5.41, 5.74) is 1.94. The number of ether oxygens (including phenoxy) is 1. The van der Waals surface area contributed by atoms with Crippen molar-refractivity contribution in [3.8, 4) is 0 Å². The minimum atomic E-state index is -0.431. The van der Waals surface area contributed by atoms with Crippen LogP contribution in [-0.4, -0.2) is 62.1 Å². The van der Waals surface area contributed by atoms with Crippen molar-refractivity contribution in [1.82, 2.24) is 10.2 Å². The lowest BCUT2D eigenvalue weighted by Crippen LogP contribution is -2.49. The van der Waals surface area contributed by atoms with E-state index in [1.54, 1.807) is 4.90 Å². The molecule has 3 rings (SSSR count). The highest BCUT2D eigenvalue weighted by atomic mass is 16.5. The van der Waals surface area contributed by atoms with Crippen molar-refractivity contribution in [2.75, 3.05) is 44.3 Å². The second kappa shape index (κ2) is 7.77. The number of fused-ring (bicyclic) bond motifs is 1. The minimum Gasteiger partial charge on any atom is -0.379 e. The topological polar surface area (TPSA) is 61.9 Å². The summed E-state index contributed by atoms with van der Waals surface area (Å²) >= 11 is 0. The van der Waals surface area contributed by atoms with Crippen LogP contribution in [0.15, 0.2) is 24.3 Å². The Morgan fingerprint density at radius 3 is 2.75 bits per heavy atom. The van der Waals surface area contributed by atoms with Crippen LogP contribution >= 0.6 is 0 Å². The molecule has 1 N–H and O–H groups in total. The molecule has 1 aromatic carbocycles. The molecule has 0 spiro atoms. The quantitative estimate of drug-likeness (QED) is 0.867. The van der Waals surface area contributed by atoms with Crippen molar-refractivity contribution < 1.29 is 14.3 Å². The Labute approximate surface area is 142 Å². The van der Waals surface area contributed by atoms with Crippen molar-refractivity contribution in [2.45, 2.75) is 25.8 Å². The van der Waals surface area contributed by atoms with Crippen molar-refractivity contribution in [1.29, 1.82) is 0 Å². The third kappa shape index (κ3) is 3.60. The van der Waals surface area contributed by atoms with E-state index in [9.17, 15) is 9.59 Å². The van der Waals surface area contributed by atoms with Crippen LogP contribution in [0.5, 0.6) is 0 Å². The monoisotopic (exact) mass is 331 g/mol. The second-order valence-electron chi connectivity index (χ2n) is 6.21. The van der Waals surface area contributed by atoms with Crippen LogP contribution in [0.3, 0.4) is 0 Å². The maximum atomic E-state index is 12.6. The van der Waals surface area contributed by atoms with Gasteiger partial charge in [0, 0.05) is 44.7 Å². The third-order valence-electron chi connectivity index (χ3n) is 4.68. The third-order valence-corrected chi connectivity index (χ3v) is 4.68. The summed E-state index contributed by atoms with van der Waals surface area (Å²) in [7, 11) is 0. The fourth-order valence-electron chi connectivity index (χ4n) is 3.35. The maximum Gasteiger partial charge on any atom is 0.243 e. The molecular weight excluding hydrogens is 306 g/mol. The number of amides is 2. The highest BCUT2D eigenvalue weighted by Gasteiger charge is 2.37. The summed E-state index contributed by atoms with van der Waals surface area (Å²) in [6, 6.07) is 7.34. The summed E-state index contributed by atoms with van der Waals surface area (Å²) in [6.07, 6.45) is 0.983. The smallest absolute Gasteiger partial charge is 0.243 e. The van der Waals surface area contributed by atoms with E-state index in [4.69, 9.17) is 4.74 Å². The van der Waals surface area contributed by atoms with E-state index in [2.05, 4.69) is 10.2 Å². The molecular formula is C18H25N3O3. The molecule has 2 heterocycles. The van der Waals surface area contributed by atoms with Gasteiger partial charge < -0.3 is 10.1 Å². The van der Waals surface area contributed by atoms with Crippen molar-refractivity contribution in [2.24, 2.45) is 0 Å². The Balaban J connectivity index is 1.60. The predicted octanol–water partition coefficient (Wildman–Crippen LogP) is 0.803. The number of nitrogens with zero attached hydrogens (tertiary/aromatic N) is 2. The summed E-state index contributed by atoms with van der Waals surface area (Å²) < 4.78 is 5.32. The van der Waals surface area contributed by atoms with Gasteiger partial charge in [-0.2, -0.15) is 0 Å². The molecule has 0 aliphatic carbocycles. The van der Waals surface area contributed by atoms with Gasteiger partial charge in [0.25, 0.3) is 0 Å². The molecule has 1 saturated heterocycles. The molecule has 1 fully saturated rings. The van der Waals surface area contributed by atoms with E-state index < -0.39 is 6.04 Å². The van der Waals surface area contributed by atoms with E-state index in [0.29, 0.717) is 19.4 Å². The number of anilines is 1. The number of nitrogens with one attached hydrogen (secondary N) is 1. The molecule has 6 heteroatoms. The Bertz CT molecular complexity index is 599. The molecule has 130 valence electrons. The van der Waals surface area contributed by atoms with Crippen LogP contribution in [0.4, 0.5) is 5.69 Å². The first-order chi connectivity index (χ1) is 11.7. The summed E-state index contributed by atoms with van der Waals surface area (Å²) in [6.45, 7) is 6.57. The molecule has 2 aliphatic heterocycles. The zero-order chi connectivity index (χ0) is 16.9. The molecule has 24 heavy (non-hydrogen) atoms. The molecule has 0 radical (unpaired) electrons. The second-order valence-corrected chi connectivity index (χ2v) is 6.21. The number of rotatable bonds is 5. The largest absolute Gasteiger partial charge is 0.379 e. The first-order valence-corrected chi connectivity index (χ1v) is 8.68. The molecule has 2 aliphatic rings. The lowest BCUT2D eigenvalue weighted by molar-refractivity contribution is -0.126. The Morgan fingerprint density at radius 2 is 2.00 bits per heavy atom. The van der Waals surface area contributed by atoms with E-state index in [1.807, 2.05) is 31.2 Å². The molecule has 1 unspecified atom stereocenters. The van der Waals surface area contributed by atoms with Crippen LogP contribution in [0.1, 0.15) is 18.9 Å². The van der Waals surface area contributed by atoms with Gasteiger partial charge in [-0.25, -0.2) is 0 Å². The fourth-order valence-corrected chi connectivity index (χ4v) is 3.35. The number of benzene rings is 1. The van der Waals surface area contributed by atoms with Gasteiger partial charge in [-0.1, -0.05) is 25.1 Å². The van der Waals surface area contributed by atoms with Crippen LogP contribution in [0.25, 0.3) is 0 Å². The van der Waals surface area contributed by atoms with Crippen LogP contribution in [0.2, 0.25) is 0 Å². The Kier molecular flexibility index (Phi) is 5.48. The zero-order valence-electron chi connectivity index (χ0n) is 14.2. The van der Waals surface area contributed by atoms with Crippen molar-refractivity contribution >= 4 is 17.5 Å². The number of hydrogen-bond acceptors (Lipinski definition) is 4. The van der Waals surface area contributed by atoms with Gasteiger partial charge in [0.1, 0.15) is 6.04 Å². The summed E-state index contributed by atoms with van der Waals surface area (Å²) in [5.74, 6) is -0.0745. The predicted molar refractivity (Wildman–Crippen MR) is 92.0 cm³/mol. The lowest BCUT2D eigenvalue weighted by atomic mass is 10.1. The molecule has 1 aromatic rings. The van der Waals surface area contributed by atoms with Gasteiger partial charge in [-0.3, -0.25) is 19.4 Å². The molecule has 6 nitrogen and oxygen atoms in total. The summed E-state index contributed by atoms with van der Waals surface area (Å²) in [5, 5.41) is 3.00. The first-order valence-electron chi connectivity index (χ1n) is 8.68. The molecule has 1 atom stereocenters. The molecule has 0 saturated carbocycles. The zero-order valence-corrected chi connectivity index (χ0v) is 14.2. The van der Waals surface area contributed by atoms with E-state index >= 15 is 0 Å². The lowest BCUT2D eigenvalue weighted by Gasteiger charge is -2.27.